The van der Waals surface area contributed by atoms with Crippen LogP contribution in [0, 0.1) is 10.1 Å². The van der Waals surface area contributed by atoms with Crippen LogP contribution in [-0.4, -0.2) is 23.8 Å². The number of nitro benzene ring substituents is 1. The van der Waals surface area contributed by atoms with Gasteiger partial charge in [0.25, 0.3) is 17.5 Å². The Morgan fingerprint density at radius 3 is 1.96 bits per heavy atom. The van der Waals surface area contributed by atoms with Crippen molar-refractivity contribution in [1.82, 2.24) is 0 Å². The summed E-state index contributed by atoms with van der Waals surface area (Å²) >= 11 is 0. The lowest BCUT2D eigenvalue weighted by Gasteiger charge is -2.17. The second-order valence-electron chi connectivity index (χ2n) is 6.16. The number of amides is 2. The minimum Gasteiger partial charge on any atom is -0.496 e. The molecule has 0 unspecified atom stereocenters. The third-order valence-electron chi connectivity index (χ3n) is 4.61. The summed E-state index contributed by atoms with van der Waals surface area (Å²) in [5.74, 6) is -0.875. The van der Waals surface area contributed by atoms with Crippen molar-refractivity contribution in [3.05, 3.63) is 88.0 Å². The molecule has 0 saturated carbocycles. The normalized spacial score (nSPS) is 12.8. The van der Waals surface area contributed by atoms with Gasteiger partial charge in [-0.1, -0.05) is 42.5 Å². The summed E-state index contributed by atoms with van der Waals surface area (Å²) in [7, 11) is 1.43. The molecule has 0 aliphatic carbocycles. The van der Waals surface area contributed by atoms with Gasteiger partial charge in [0.1, 0.15) is 11.4 Å². The zero-order chi connectivity index (χ0) is 19.8. The van der Waals surface area contributed by atoms with Crippen LogP contribution in [0.3, 0.4) is 0 Å². The molecule has 1 aliphatic rings. The van der Waals surface area contributed by atoms with Crippen LogP contribution in [0.25, 0.3) is 11.1 Å². The summed E-state index contributed by atoms with van der Waals surface area (Å²) in [6.07, 6.45) is 0. The van der Waals surface area contributed by atoms with E-state index in [1.54, 1.807) is 36.4 Å². The summed E-state index contributed by atoms with van der Waals surface area (Å²) in [5.41, 5.74) is 1.18. The van der Waals surface area contributed by atoms with Crippen LogP contribution in [0.15, 0.2) is 66.7 Å². The summed E-state index contributed by atoms with van der Waals surface area (Å²) in [5, 5.41) is 11.8. The van der Waals surface area contributed by atoms with Crippen LogP contribution in [-0.2, 0) is 0 Å². The van der Waals surface area contributed by atoms with Gasteiger partial charge in [0.15, 0.2) is 0 Å². The van der Waals surface area contributed by atoms with E-state index < -0.39 is 16.7 Å². The Morgan fingerprint density at radius 1 is 0.857 bits per heavy atom. The van der Waals surface area contributed by atoms with Crippen molar-refractivity contribution in [3.8, 4) is 16.9 Å². The van der Waals surface area contributed by atoms with Gasteiger partial charge in [-0.3, -0.25) is 19.7 Å². The van der Waals surface area contributed by atoms with Crippen molar-refractivity contribution in [3.63, 3.8) is 0 Å². The highest BCUT2D eigenvalue weighted by molar-refractivity contribution is 6.35. The fraction of sp³-hybridized carbons (Fsp3) is 0.0476. The maximum atomic E-state index is 12.8. The monoisotopic (exact) mass is 374 g/mol. The standard InChI is InChI=1S/C21H14N2O5/c1-28-19-12-17(22-20(24)14-9-5-6-10-15(14)21(22)25)18(23(26)27)11-16(19)13-7-3-2-4-8-13/h2-12H,1H3. The van der Waals surface area contributed by atoms with Crippen molar-refractivity contribution < 1.29 is 19.2 Å². The first-order chi connectivity index (χ1) is 13.5. The van der Waals surface area contributed by atoms with Crippen LogP contribution >= 0.6 is 0 Å². The summed E-state index contributed by atoms with van der Waals surface area (Å²) in [6, 6.07) is 18.0. The van der Waals surface area contributed by atoms with Gasteiger partial charge in [-0.15, -0.1) is 0 Å². The van der Waals surface area contributed by atoms with Crippen molar-refractivity contribution in [2.75, 3.05) is 12.0 Å². The van der Waals surface area contributed by atoms with Crippen LogP contribution in [0.2, 0.25) is 0 Å². The smallest absolute Gasteiger partial charge is 0.294 e. The molecule has 2 amide bonds. The first-order valence-corrected chi connectivity index (χ1v) is 8.42. The van der Waals surface area contributed by atoms with Crippen molar-refractivity contribution in [2.24, 2.45) is 0 Å². The van der Waals surface area contributed by atoms with E-state index >= 15 is 0 Å². The van der Waals surface area contributed by atoms with Gasteiger partial charge in [0.2, 0.25) is 0 Å². The molecule has 1 heterocycles. The zero-order valence-electron chi connectivity index (χ0n) is 14.8. The predicted octanol–water partition coefficient (Wildman–Crippen LogP) is 4.07. The SMILES string of the molecule is COc1cc(N2C(=O)c3ccccc3C2=O)c([N+](=O)[O-])cc1-c1ccccc1. The van der Waals surface area contributed by atoms with Gasteiger partial charge in [0, 0.05) is 17.7 Å². The lowest BCUT2D eigenvalue weighted by molar-refractivity contribution is -0.384. The molecule has 1 aliphatic heterocycles. The lowest BCUT2D eigenvalue weighted by atomic mass is 10.0. The Hall–Kier alpha value is -4.00. The van der Waals surface area contributed by atoms with Gasteiger partial charge in [0.05, 0.1) is 23.2 Å². The van der Waals surface area contributed by atoms with Crippen molar-refractivity contribution in [2.45, 2.75) is 0 Å². The van der Waals surface area contributed by atoms with E-state index in [4.69, 9.17) is 4.74 Å². The fourth-order valence-corrected chi connectivity index (χ4v) is 3.30. The molecule has 4 rings (SSSR count). The number of nitrogens with zero attached hydrogens (tertiary/aromatic N) is 2. The summed E-state index contributed by atoms with van der Waals surface area (Å²) in [6.45, 7) is 0. The Bertz CT molecular complexity index is 1090. The van der Waals surface area contributed by atoms with Gasteiger partial charge >= 0.3 is 0 Å². The lowest BCUT2D eigenvalue weighted by Crippen LogP contribution is -2.30. The molecule has 7 nitrogen and oxygen atoms in total. The highest BCUT2D eigenvalue weighted by atomic mass is 16.6. The van der Waals surface area contributed by atoms with Gasteiger partial charge in [-0.2, -0.15) is 0 Å². The number of hydrogen-bond acceptors (Lipinski definition) is 5. The molecule has 3 aromatic rings. The highest BCUT2D eigenvalue weighted by Crippen LogP contribution is 2.42. The van der Waals surface area contributed by atoms with Crippen LogP contribution < -0.4 is 9.64 Å². The second kappa shape index (κ2) is 6.62. The number of carbonyl (C=O) groups is 2. The molecule has 7 heteroatoms. The number of imide groups is 1. The van der Waals surface area contributed by atoms with Gasteiger partial charge in [-0.05, 0) is 17.7 Å². The molecular formula is C21H14N2O5. The maximum Gasteiger partial charge on any atom is 0.294 e. The van der Waals surface area contributed by atoms with E-state index in [1.807, 2.05) is 6.07 Å². The molecule has 0 N–H and O–H groups in total. The molecule has 3 aromatic carbocycles. The number of anilines is 1. The first kappa shape index (κ1) is 17.4. The maximum absolute atomic E-state index is 12.8. The largest absolute Gasteiger partial charge is 0.496 e. The first-order valence-electron chi connectivity index (χ1n) is 8.42. The average molecular weight is 374 g/mol. The number of hydrogen-bond donors (Lipinski definition) is 0. The Kier molecular flexibility index (Phi) is 4.12. The van der Waals surface area contributed by atoms with Crippen LogP contribution in [0.4, 0.5) is 11.4 Å². The average Bonchev–Trinajstić information content (AvgIpc) is 2.98. The Morgan fingerprint density at radius 2 is 1.43 bits per heavy atom. The number of methoxy groups -OCH3 is 1. The topological polar surface area (TPSA) is 89.8 Å². The van der Waals surface area contributed by atoms with E-state index in [9.17, 15) is 19.7 Å². The zero-order valence-corrected chi connectivity index (χ0v) is 14.8. The molecule has 0 bridgehead atoms. The van der Waals surface area contributed by atoms with Gasteiger partial charge in [-0.25, -0.2) is 4.90 Å². The molecule has 0 atom stereocenters. The number of benzene rings is 3. The third-order valence-corrected chi connectivity index (χ3v) is 4.61. The molecular weight excluding hydrogens is 360 g/mol. The molecule has 138 valence electrons. The van der Waals surface area contributed by atoms with E-state index in [-0.39, 0.29) is 22.5 Å². The number of rotatable bonds is 4. The minimum absolute atomic E-state index is 0.118. The van der Waals surface area contributed by atoms with E-state index in [1.165, 1.54) is 31.4 Å². The quantitative estimate of drug-likeness (QED) is 0.390. The minimum atomic E-state index is -0.606. The predicted molar refractivity (Wildman–Crippen MR) is 103 cm³/mol. The second-order valence-corrected chi connectivity index (χ2v) is 6.16. The number of nitro groups is 1. The molecule has 0 spiro atoms. The third kappa shape index (κ3) is 2.61. The van der Waals surface area contributed by atoms with Gasteiger partial charge < -0.3 is 4.74 Å². The highest BCUT2D eigenvalue weighted by Gasteiger charge is 2.40. The van der Waals surface area contributed by atoms with E-state index in [0.717, 1.165) is 10.5 Å². The van der Waals surface area contributed by atoms with Crippen molar-refractivity contribution >= 4 is 23.2 Å². The molecule has 0 saturated heterocycles. The van der Waals surface area contributed by atoms with E-state index in [0.29, 0.717) is 11.3 Å². The molecule has 0 aromatic heterocycles. The van der Waals surface area contributed by atoms with E-state index in [2.05, 4.69) is 0 Å². The number of fused-ring (bicyclic) bond motifs is 1. The number of ether oxygens (including phenoxy) is 1. The van der Waals surface area contributed by atoms with Crippen molar-refractivity contribution in [1.29, 1.82) is 0 Å². The molecule has 28 heavy (non-hydrogen) atoms. The van der Waals surface area contributed by atoms with Crippen LogP contribution in [0.5, 0.6) is 5.75 Å². The van der Waals surface area contributed by atoms with Crippen LogP contribution in [0.1, 0.15) is 20.7 Å². The Balaban J connectivity index is 1.92. The number of carbonyl (C=O) groups excluding carboxylic acids is 2. The summed E-state index contributed by atoms with van der Waals surface area (Å²) in [4.78, 5) is 37.5. The summed E-state index contributed by atoms with van der Waals surface area (Å²) < 4.78 is 5.41. The fourth-order valence-electron chi connectivity index (χ4n) is 3.30. The molecule has 0 radical (unpaired) electrons. The Labute approximate surface area is 159 Å². The molecule has 0 fully saturated rings.